The fourth-order valence-corrected chi connectivity index (χ4v) is 2.70. The van der Waals surface area contributed by atoms with Crippen molar-refractivity contribution in [3.8, 4) is 0 Å². The standard InChI is InChI=1S/C13H21F3N2O3/c1-3-12(4-2)5-6-17(8-12)11(21)18(7-10(19)20)9-13(14,15)16/h3-9H2,1-2H3,(H,19,20). The Morgan fingerprint density at radius 1 is 1.29 bits per heavy atom. The Labute approximate surface area is 121 Å². The van der Waals surface area contributed by atoms with Crippen LogP contribution in [0.25, 0.3) is 0 Å². The fourth-order valence-electron chi connectivity index (χ4n) is 2.70. The van der Waals surface area contributed by atoms with Gasteiger partial charge in [-0.1, -0.05) is 13.8 Å². The number of carboxylic acid groups (broad SMARTS) is 1. The summed E-state index contributed by atoms with van der Waals surface area (Å²) in [6.07, 6.45) is -2.20. The van der Waals surface area contributed by atoms with Crippen LogP contribution in [0.5, 0.6) is 0 Å². The molecule has 5 nitrogen and oxygen atoms in total. The van der Waals surface area contributed by atoms with Crippen LogP contribution in [0.3, 0.4) is 0 Å². The number of likely N-dealkylation sites (tertiary alicyclic amines) is 1. The van der Waals surface area contributed by atoms with Crippen molar-refractivity contribution in [1.29, 1.82) is 0 Å². The number of rotatable bonds is 5. The molecular formula is C13H21F3N2O3. The van der Waals surface area contributed by atoms with Gasteiger partial charge in [-0.25, -0.2) is 4.79 Å². The van der Waals surface area contributed by atoms with Gasteiger partial charge >= 0.3 is 18.2 Å². The zero-order valence-corrected chi connectivity index (χ0v) is 12.2. The van der Waals surface area contributed by atoms with Gasteiger partial charge in [-0.05, 0) is 24.7 Å². The first-order valence-electron chi connectivity index (χ1n) is 6.95. The maximum absolute atomic E-state index is 12.5. The summed E-state index contributed by atoms with van der Waals surface area (Å²) in [4.78, 5) is 24.5. The van der Waals surface area contributed by atoms with Gasteiger partial charge < -0.3 is 14.9 Å². The number of aliphatic carboxylic acids is 1. The molecule has 0 aromatic heterocycles. The van der Waals surface area contributed by atoms with Crippen molar-refractivity contribution >= 4 is 12.0 Å². The van der Waals surface area contributed by atoms with Crippen LogP contribution in [-0.4, -0.2) is 59.3 Å². The first-order valence-corrected chi connectivity index (χ1v) is 6.95. The summed E-state index contributed by atoms with van der Waals surface area (Å²) >= 11 is 0. The van der Waals surface area contributed by atoms with Crippen molar-refractivity contribution in [3.05, 3.63) is 0 Å². The molecule has 0 aromatic carbocycles. The Kier molecular flexibility index (Phi) is 5.47. The summed E-state index contributed by atoms with van der Waals surface area (Å²) in [5, 5.41) is 8.69. The summed E-state index contributed by atoms with van der Waals surface area (Å²) in [5.74, 6) is -1.45. The van der Waals surface area contributed by atoms with Gasteiger partial charge in [0.1, 0.15) is 13.1 Å². The molecule has 0 atom stereocenters. The number of hydrogen-bond donors (Lipinski definition) is 1. The molecule has 1 aliphatic heterocycles. The van der Waals surface area contributed by atoms with E-state index < -0.39 is 31.3 Å². The Hall–Kier alpha value is -1.47. The highest BCUT2D eigenvalue weighted by Crippen LogP contribution is 2.37. The normalized spacial score (nSPS) is 17.9. The molecule has 0 radical (unpaired) electrons. The highest BCUT2D eigenvalue weighted by Gasteiger charge is 2.41. The van der Waals surface area contributed by atoms with Crippen LogP contribution in [0.2, 0.25) is 0 Å². The number of nitrogens with zero attached hydrogens (tertiary/aromatic N) is 2. The molecule has 0 aromatic rings. The topological polar surface area (TPSA) is 60.9 Å². The van der Waals surface area contributed by atoms with Gasteiger partial charge in [-0.3, -0.25) is 4.79 Å². The minimum Gasteiger partial charge on any atom is -0.480 e. The number of urea groups is 1. The highest BCUT2D eigenvalue weighted by atomic mass is 19.4. The number of carbonyl (C=O) groups is 2. The van der Waals surface area contributed by atoms with Crippen LogP contribution < -0.4 is 0 Å². The number of halogens is 3. The largest absolute Gasteiger partial charge is 0.480 e. The molecule has 0 unspecified atom stereocenters. The van der Waals surface area contributed by atoms with Crippen LogP contribution in [0.4, 0.5) is 18.0 Å². The second-order valence-corrected chi connectivity index (χ2v) is 5.53. The van der Waals surface area contributed by atoms with Gasteiger partial charge in [0.25, 0.3) is 0 Å². The van der Waals surface area contributed by atoms with E-state index in [9.17, 15) is 22.8 Å². The van der Waals surface area contributed by atoms with Gasteiger partial charge in [0.05, 0.1) is 0 Å². The van der Waals surface area contributed by atoms with Gasteiger partial charge in [0.2, 0.25) is 0 Å². The molecule has 1 N–H and O–H groups in total. The molecule has 8 heteroatoms. The zero-order chi connectivity index (χ0) is 16.3. The molecule has 1 heterocycles. The number of carbonyl (C=O) groups excluding carboxylic acids is 1. The van der Waals surface area contributed by atoms with E-state index in [0.717, 1.165) is 19.3 Å². The SMILES string of the molecule is CCC1(CC)CCN(C(=O)N(CC(=O)O)CC(F)(F)F)C1. The van der Waals surface area contributed by atoms with Crippen molar-refractivity contribution in [2.75, 3.05) is 26.2 Å². The molecule has 0 aliphatic carbocycles. The van der Waals surface area contributed by atoms with Crippen molar-refractivity contribution in [3.63, 3.8) is 0 Å². The average Bonchev–Trinajstić information content (AvgIpc) is 2.80. The zero-order valence-electron chi connectivity index (χ0n) is 12.2. The lowest BCUT2D eigenvalue weighted by molar-refractivity contribution is -0.149. The third-order valence-corrected chi connectivity index (χ3v) is 4.18. The molecule has 1 aliphatic rings. The van der Waals surface area contributed by atoms with Gasteiger partial charge in [-0.15, -0.1) is 0 Å². The smallest absolute Gasteiger partial charge is 0.406 e. The molecule has 0 saturated carbocycles. The second-order valence-electron chi connectivity index (χ2n) is 5.53. The molecule has 21 heavy (non-hydrogen) atoms. The molecular weight excluding hydrogens is 289 g/mol. The van der Waals surface area contributed by atoms with E-state index in [1.54, 1.807) is 0 Å². The lowest BCUT2D eigenvalue weighted by atomic mass is 9.82. The molecule has 0 bridgehead atoms. The number of amides is 2. The van der Waals surface area contributed by atoms with E-state index >= 15 is 0 Å². The first kappa shape index (κ1) is 17.6. The van der Waals surface area contributed by atoms with Gasteiger partial charge in [0.15, 0.2) is 0 Å². The van der Waals surface area contributed by atoms with Crippen LogP contribution in [0, 0.1) is 5.41 Å². The maximum atomic E-state index is 12.5. The third-order valence-electron chi connectivity index (χ3n) is 4.18. The number of carboxylic acids is 1. The predicted octanol–water partition coefficient (Wildman–Crippen LogP) is 2.57. The summed E-state index contributed by atoms with van der Waals surface area (Å²) in [7, 11) is 0. The summed E-state index contributed by atoms with van der Waals surface area (Å²) in [5.41, 5.74) is -0.0667. The molecule has 0 spiro atoms. The average molecular weight is 310 g/mol. The predicted molar refractivity (Wildman–Crippen MR) is 69.9 cm³/mol. The van der Waals surface area contributed by atoms with Gasteiger partial charge in [-0.2, -0.15) is 13.2 Å². The van der Waals surface area contributed by atoms with E-state index in [4.69, 9.17) is 5.11 Å². The lowest BCUT2D eigenvalue weighted by Crippen LogP contribution is -2.48. The lowest BCUT2D eigenvalue weighted by Gasteiger charge is -2.30. The minimum absolute atomic E-state index is 0.0667. The second kappa shape index (κ2) is 6.53. The van der Waals surface area contributed by atoms with Crippen molar-refractivity contribution in [2.45, 2.75) is 39.3 Å². The first-order chi connectivity index (χ1) is 9.62. The Bertz CT molecular complexity index is 395. The Morgan fingerprint density at radius 3 is 2.24 bits per heavy atom. The minimum atomic E-state index is -4.61. The monoisotopic (exact) mass is 310 g/mol. The molecule has 1 rings (SSSR count). The number of alkyl halides is 3. The van der Waals surface area contributed by atoms with E-state index in [1.165, 1.54) is 4.90 Å². The number of hydrogen-bond acceptors (Lipinski definition) is 2. The van der Waals surface area contributed by atoms with Crippen LogP contribution in [0.15, 0.2) is 0 Å². The third kappa shape index (κ3) is 4.78. The summed E-state index contributed by atoms with van der Waals surface area (Å²) in [6, 6.07) is -0.849. The summed E-state index contributed by atoms with van der Waals surface area (Å²) < 4.78 is 37.4. The molecule has 1 fully saturated rings. The fraction of sp³-hybridized carbons (Fsp3) is 0.846. The summed E-state index contributed by atoms with van der Waals surface area (Å²) in [6.45, 7) is 2.24. The molecule has 122 valence electrons. The van der Waals surface area contributed by atoms with E-state index in [2.05, 4.69) is 0 Å². The van der Waals surface area contributed by atoms with Crippen LogP contribution in [0.1, 0.15) is 33.1 Å². The maximum Gasteiger partial charge on any atom is 0.406 e. The van der Waals surface area contributed by atoms with E-state index in [1.807, 2.05) is 13.8 Å². The van der Waals surface area contributed by atoms with E-state index in [0.29, 0.717) is 18.0 Å². The Morgan fingerprint density at radius 2 is 1.86 bits per heavy atom. The highest BCUT2D eigenvalue weighted by molar-refractivity contribution is 5.80. The van der Waals surface area contributed by atoms with Crippen molar-refractivity contribution in [2.24, 2.45) is 5.41 Å². The van der Waals surface area contributed by atoms with E-state index in [-0.39, 0.29) is 5.41 Å². The van der Waals surface area contributed by atoms with Crippen LogP contribution >= 0.6 is 0 Å². The molecule has 1 saturated heterocycles. The quantitative estimate of drug-likeness (QED) is 0.849. The molecule has 2 amide bonds. The Balaban J connectivity index is 2.79. The van der Waals surface area contributed by atoms with Crippen molar-refractivity contribution in [1.82, 2.24) is 9.80 Å². The van der Waals surface area contributed by atoms with Crippen molar-refractivity contribution < 1.29 is 27.9 Å². The van der Waals surface area contributed by atoms with Gasteiger partial charge in [0, 0.05) is 13.1 Å². The van der Waals surface area contributed by atoms with Crippen LogP contribution in [-0.2, 0) is 4.79 Å².